The average molecular weight is 387 g/mol. The molecule has 5 rings (SSSR count). The van der Waals surface area contributed by atoms with Crippen molar-refractivity contribution in [2.24, 2.45) is 28.6 Å². The molecule has 1 heterocycles. The number of rotatable bonds is 2. The van der Waals surface area contributed by atoms with Gasteiger partial charge >= 0.3 is 5.97 Å². The van der Waals surface area contributed by atoms with Crippen molar-refractivity contribution in [3.8, 4) is 0 Å². The molecule has 1 saturated heterocycles. The number of esters is 1. The topological polar surface area (TPSA) is 55.9 Å². The first-order chi connectivity index (χ1) is 13.1. The van der Waals surface area contributed by atoms with Gasteiger partial charge in [-0.05, 0) is 75.5 Å². The molecule has 28 heavy (non-hydrogen) atoms. The molecule has 8 unspecified atom stereocenters. The largest absolute Gasteiger partial charge is 0.462 e. The van der Waals surface area contributed by atoms with Crippen LogP contribution in [-0.4, -0.2) is 29.6 Å². The summed E-state index contributed by atoms with van der Waals surface area (Å²) in [6.07, 6.45) is 7.71. The van der Waals surface area contributed by atoms with E-state index >= 15 is 0 Å². The first-order valence-electron chi connectivity index (χ1n) is 11.2. The van der Waals surface area contributed by atoms with Crippen LogP contribution in [0.5, 0.6) is 0 Å². The van der Waals surface area contributed by atoms with Crippen LogP contribution < -0.4 is 0 Å². The quantitative estimate of drug-likeness (QED) is 0.395. The van der Waals surface area contributed by atoms with Crippen LogP contribution in [0.4, 0.5) is 0 Å². The monoisotopic (exact) mass is 386 g/mol. The lowest BCUT2D eigenvalue weighted by molar-refractivity contribution is -0.149. The van der Waals surface area contributed by atoms with Crippen LogP contribution in [0.25, 0.3) is 0 Å². The second-order valence-electron chi connectivity index (χ2n) is 10.8. The number of ether oxygens (including phenoxy) is 2. The number of carbonyl (C=O) groups is 2. The highest BCUT2D eigenvalue weighted by Crippen LogP contribution is 2.73. The third kappa shape index (κ3) is 2.16. The van der Waals surface area contributed by atoms with Gasteiger partial charge in [-0.2, -0.15) is 0 Å². The normalized spacial score (nSPS) is 51.5. The Morgan fingerprint density at radius 3 is 2.50 bits per heavy atom. The van der Waals surface area contributed by atoms with Gasteiger partial charge in [0, 0.05) is 18.8 Å². The van der Waals surface area contributed by atoms with Crippen LogP contribution in [0.2, 0.25) is 0 Å². The molecule has 154 valence electrons. The minimum atomic E-state index is -0.478. The van der Waals surface area contributed by atoms with E-state index in [2.05, 4.69) is 20.8 Å². The van der Waals surface area contributed by atoms with E-state index in [4.69, 9.17) is 9.47 Å². The standard InChI is InChI=1S/C24H34O4/c1-13-10-17-18(22(4)8-6-16(11-19(13)22)27-15(3)26)7-9-23(5)20(17)12-21-24(23,28-21)14(2)25/h16-18,20-21H,6-12H2,1-5H3. The Kier molecular flexibility index (Phi) is 3.84. The third-order valence-corrected chi connectivity index (χ3v) is 9.71. The summed E-state index contributed by atoms with van der Waals surface area (Å²) in [7, 11) is 0. The molecule has 0 aromatic carbocycles. The molecule has 0 aromatic rings. The van der Waals surface area contributed by atoms with Gasteiger partial charge in [-0.15, -0.1) is 0 Å². The van der Waals surface area contributed by atoms with E-state index in [1.807, 2.05) is 0 Å². The minimum absolute atomic E-state index is 0.00769. The van der Waals surface area contributed by atoms with Crippen molar-refractivity contribution >= 4 is 11.8 Å². The van der Waals surface area contributed by atoms with Crippen LogP contribution in [0.1, 0.15) is 79.6 Å². The van der Waals surface area contributed by atoms with E-state index in [-0.39, 0.29) is 34.8 Å². The van der Waals surface area contributed by atoms with Crippen molar-refractivity contribution in [3.05, 3.63) is 11.1 Å². The van der Waals surface area contributed by atoms with E-state index in [9.17, 15) is 9.59 Å². The molecule has 5 aliphatic rings. The molecule has 0 amide bonds. The Labute approximate surface area is 168 Å². The van der Waals surface area contributed by atoms with Gasteiger partial charge in [0.05, 0.1) is 6.10 Å². The zero-order chi connectivity index (χ0) is 20.1. The maximum atomic E-state index is 12.5. The Morgan fingerprint density at radius 2 is 1.82 bits per heavy atom. The maximum Gasteiger partial charge on any atom is 0.302 e. The van der Waals surface area contributed by atoms with Crippen molar-refractivity contribution in [1.29, 1.82) is 0 Å². The first kappa shape index (κ1) is 18.8. The molecular weight excluding hydrogens is 352 g/mol. The van der Waals surface area contributed by atoms with Crippen molar-refractivity contribution in [2.75, 3.05) is 0 Å². The number of hydrogen-bond donors (Lipinski definition) is 0. The molecule has 4 aliphatic carbocycles. The lowest BCUT2D eigenvalue weighted by Gasteiger charge is -2.59. The molecular formula is C24H34O4. The summed E-state index contributed by atoms with van der Waals surface area (Å²) in [6, 6.07) is 0. The zero-order valence-electron chi connectivity index (χ0n) is 18.0. The fourth-order valence-corrected chi connectivity index (χ4v) is 8.49. The summed E-state index contributed by atoms with van der Waals surface area (Å²) in [5, 5.41) is 0. The molecule has 1 aliphatic heterocycles. The van der Waals surface area contributed by atoms with Crippen molar-refractivity contribution in [3.63, 3.8) is 0 Å². The highest BCUT2D eigenvalue weighted by molar-refractivity contribution is 5.90. The number of fused-ring (bicyclic) bond motifs is 7. The fourth-order valence-electron chi connectivity index (χ4n) is 8.49. The van der Waals surface area contributed by atoms with Gasteiger partial charge in [-0.25, -0.2) is 0 Å². The molecule has 0 aromatic heterocycles. The second kappa shape index (κ2) is 5.71. The number of allylic oxidation sites excluding steroid dienone is 1. The van der Waals surface area contributed by atoms with E-state index in [1.54, 1.807) is 12.5 Å². The second-order valence-corrected chi connectivity index (χ2v) is 10.8. The first-order valence-corrected chi connectivity index (χ1v) is 11.2. The van der Waals surface area contributed by atoms with Crippen molar-refractivity contribution in [2.45, 2.75) is 97.4 Å². The van der Waals surface area contributed by atoms with E-state index in [0.29, 0.717) is 17.8 Å². The average Bonchev–Trinajstić information content (AvgIpc) is 3.29. The van der Waals surface area contributed by atoms with Gasteiger partial charge in [0.2, 0.25) is 0 Å². The van der Waals surface area contributed by atoms with Crippen LogP contribution in [-0.2, 0) is 19.1 Å². The van der Waals surface area contributed by atoms with Crippen LogP contribution >= 0.6 is 0 Å². The Morgan fingerprint density at radius 1 is 1.07 bits per heavy atom. The molecule has 4 fully saturated rings. The molecule has 8 atom stereocenters. The molecule has 4 heteroatoms. The third-order valence-electron chi connectivity index (χ3n) is 9.71. The number of epoxide rings is 1. The fraction of sp³-hybridized carbons (Fsp3) is 0.833. The Balaban J connectivity index is 1.47. The summed E-state index contributed by atoms with van der Waals surface area (Å²) in [6.45, 7) is 10.4. The minimum Gasteiger partial charge on any atom is -0.462 e. The van der Waals surface area contributed by atoms with Gasteiger partial charge in [0.1, 0.15) is 6.10 Å². The van der Waals surface area contributed by atoms with Gasteiger partial charge in [-0.1, -0.05) is 25.0 Å². The van der Waals surface area contributed by atoms with Crippen LogP contribution in [0.3, 0.4) is 0 Å². The smallest absolute Gasteiger partial charge is 0.302 e. The number of hydrogen-bond acceptors (Lipinski definition) is 4. The van der Waals surface area contributed by atoms with Gasteiger partial charge < -0.3 is 9.47 Å². The summed E-state index contributed by atoms with van der Waals surface area (Å²) >= 11 is 0. The summed E-state index contributed by atoms with van der Waals surface area (Å²) in [5.41, 5.74) is 2.84. The van der Waals surface area contributed by atoms with Crippen molar-refractivity contribution in [1.82, 2.24) is 0 Å². The highest BCUT2D eigenvalue weighted by Gasteiger charge is 2.79. The molecule has 0 radical (unpaired) electrons. The molecule has 4 nitrogen and oxygen atoms in total. The lowest BCUT2D eigenvalue weighted by atomic mass is 9.46. The molecule has 0 bridgehead atoms. The van der Waals surface area contributed by atoms with Gasteiger partial charge in [0.25, 0.3) is 0 Å². The van der Waals surface area contributed by atoms with E-state index in [0.717, 1.165) is 38.5 Å². The number of carbonyl (C=O) groups excluding carboxylic acids is 2. The Hall–Kier alpha value is -1.16. The maximum absolute atomic E-state index is 12.5. The van der Waals surface area contributed by atoms with Gasteiger partial charge in [0.15, 0.2) is 11.4 Å². The Bertz CT molecular complexity index is 783. The van der Waals surface area contributed by atoms with E-state index in [1.165, 1.54) is 18.9 Å². The van der Waals surface area contributed by atoms with E-state index < -0.39 is 5.60 Å². The summed E-state index contributed by atoms with van der Waals surface area (Å²) in [5.74, 6) is 2.02. The zero-order valence-corrected chi connectivity index (χ0v) is 18.0. The summed E-state index contributed by atoms with van der Waals surface area (Å²) < 4.78 is 11.6. The molecule has 3 saturated carbocycles. The molecule has 0 spiro atoms. The SMILES string of the molecule is CC(=O)OC1CCC2(C)C(=C(C)CC3C2CCC2(C)C3CC3OC32C(C)=O)C1. The van der Waals surface area contributed by atoms with Gasteiger partial charge in [-0.3, -0.25) is 9.59 Å². The van der Waals surface area contributed by atoms with Crippen LogP contribution in [0, 0.1) is 28.6 Å². The van der Waals surface area contributed by atoms with Crippen LogP contribution in [0.15, 0.2) is 11.1 Å². The summed E-state index contributed by atoms with van der Waals surface area (Å²) in [4.78, 5) is 24.0. The number of Topliss-reactive ketones (excluding diaryl/α,β-unsaturated/α-hetero) is 1. The predicted octanol–water partition coefficient (Wildman–Crippen LogP) is 4.61. The number of ketones is 1. The molecule has 0 N–H and O–H groups in total. The highest BCUT2D eigenvalue weighted by atomic mass is 16.6. The predicted molar refractivity (Wildman–Crippen MR) is 106 cm³/mol. The van der Waals surface area contributed by atoms with Crippen molar-refractivity contribution < 1.29 is 19.1 Å². The lowest BCUT2D eigenvalue weighted by Crippen LogP contribution is -2.54.